The predicted octanol–water partition coefficient (Wildman–Crippen LogP) is 3.11. The van der Waals surface area contributed by atoms with Crippen LogP contribution in [0.4, 0.5) is 10.5 Å². The standard InChI is InChI=1S/C14H19NO4/c1-14(2,3)19-13(16)15-9-5-6-10(12-8-18-12)11(7-9)17-4/h5-7,12H,8H2,1-4H3,(H,15,16)/t12-/m0/s1. The van der Waals surface area contributed by atoms with Crippen molar-refractivity contribution in [1.29, 1.82) is 0 Å². The molecule has 1 aliphatic rings. The minimum atomic E-state index is -0.518. The number of carbonyl (C=O) groups excluding carboxylic acids is 1. The lowest BCUT2D eigenvalue weighted by molar-refractivity contribution is 0.0636. The molecule has 1 aromatic carbocycles. The molecule has 0 aromatic heterocycles. The summed E-state index contributed by atoms with van der Waals surface area (Å²) in [6.07, 6.45) is -0.365. The molecule has 1 aromatic rings. The van der Waals surface area contributed by atoms with Gasteiger partial charge in [-0.1, -0.05) is 6.07 Å². The highest BCUT2D eigenvalue weighted by Gasteiger charge is 2.28. The summed E-state index contributed by atoms with van der Waals surface area (Å²) in [7, 11) is 1.60. The Morgan fingerprint density at radius 1 is 1.42 bits per heavy atom. The van der Waals surface area contributed by atoms with Gasteiger partial charge in [0.25, 0.3) is 0 Å². The van der Waals surface area contributed by atoms with Crippen LogP contribution >= 0.6 is 0 Å². The molecule has 104 valence electrons. The van der Waals surface area contributed by atoms with Crippen LogP contribution in [-0.4, -0.2) is 25.4 Å². The van der Waals surface area contributed by atoms with E-state index in [1.807, 2.05) is 32.9 Å². The third kappa shape index (κ3) is 3.86. The minimum absolute atomic E-state index is 0.116. The van der Waals surface area contributed by atoms with Crippen molar-refractivity contribution in [3.63, 3.8) is 0 Å². The molecule has 0 unspecified atom stereocenters. The Bertz CT molecular complexity index is 475. The van der Waals surface area contributed by atoms with E-state index in [4.69, 9.17) is 14.2 Å². The summed E-state index contributed by atoms with van der Waals surface area (Å²) in [6.45, 7) is 6.18. The van der Waals surface area contributed by atoms with Crippen LogP contribution in [0.1, 0.15) is 32.4 Å². The third-order valence-electron chi connectivity index (χ3n) is 2.56. The van der Waals surface area contributed by atoms with Gasteiger partial charge < -0.3 is 14.2 Å². The van der Waals surface area contributed by atoms with E-state index >= 15 is 0 Å². The van der Waals surface area contributed by atoms with Crippen molar-refractivity contribution in [1.82, 2.24) is 0 Å². The fourth-order valence-corrected chi connectivity index (χ4v) is 1.70. The molecule has 0 aliphatic carbocycles. The maximum atomic E-state index is 11.7. The number of benzene rings is 1. The zero-order valence-corrected chi connectivity index (χ0v) is 11.6. The molecule has 1 saturated heterocycles. The quantitative estimate of drug-likeness (QED) is 0.853. The van der Waals surface area contributed by atoms with Crippen molar-refractivity contribution in [3.8, 4) is 5.75 Å². The molecule has 0 spiro atoms. The van der Waals surface area contributed by atoms with Crippen molar-refractivity contribution in [2.75, 3.05) is 19.0 Å². The molecule has 1 N–H and O–H groups in total. The zero-order chi connectivity index (χ0) is 14.0. The molecular formula is C14H19NO4. The second-order valence-electron chi connectivity index (χ2n) is 5.41. The second-order valence-corrected chi connectivity index (χ2v) is 5.41. The largest absolute Gasteiger partial charge is 0.496 e. The first kappa shape index (κ1) is 13.7. The lowest BCUT2D eigenvalue weighted by Gasteiger charge is -2.20. The number of methoxy groups -OCH3 is 1. The average Bonchev–Trinajstić information content (AvgIpc) is 3.10. The SMILES string of the molecule is COc1cc(NC(=O)OC(C)(C)C)ccc1[C@@H]1CO1. The number of amides is 1. The van der Waals surface area contributed by atoms with Gasteiger partial charge in [0.1, 0.15) is 17.5 Å². The number of nitrogens with one attached hydrogen (secondary N) is 1. The number of ether oxygens (including phenoxy) is 3. The highest BCUT2D eigenvalue weighted by atomic mass is 16.6. The Hall–Kier alpha value is -1.75. The van der Waals surface area contributed by atoms with Crippen molar-refractivity contribution >= 4 is 11.8 Å². The van der Waals surface area contributed by atoms with E-state index in [2.05, 4.69) is 5.32 Å². The van der Waals surface area contributed by atoms with Crippen LogP contribution in [0.3, 0.4) is 0 Å². The first-order valence-electron chi connectivity index (χ1n) is 6.18. The second kappa shape index (κ2) is 5.09. The lowest BCUT2D eigenvalue weighted by Crippen LogP contribution is -2.27. The molecule has 1 atom stereocenters. The molecule has 1 amide bonds. The molecule has 5 heteroatoms. The Balaban J connectivity index is 2.06. The van der Waals surface area contributed by atoms with Gasteiger partial charge in [-0.05, 0) is 26.8 Å². The van der Waals surface area contributed by atoms with E-state index in [0.29, 0.717) is 11.4 Å². The topological polar surface area (TPSA) is 60.1 Å². The van der Waals surface area contributed by atoms with Crippen molar-refractivity contribution in [2.24, 2.45) is 0 Å². The van der Waals surface area contributed by atoms with Gasteiger partial charge in [0.15, 0.2) is 0 Å². The van der Waals surface area contributed by atoms with Crippen LogP contribution < -0.4 is 10.1 Å². The monoisotopic (exact) mass is 265 g/mol. The molecule has 0 saturated carbocycles. The van der Waals surface area contributed by atoms with Crippen LogP contribution in [0.2, 0.25) is 0 Å². The number of anilines is 1. The highest BCUT2D eigenvalue weighted by Crippen LogP contribution is 2.37. The molecule has 19 heavy (non-hydrogen) atoms. The Morgan fingerprint density at radius 3 is 2.63 bits per heavy atom. The first-order valence-corrected chi connectivity index (χ1v) is 6.18. The summed E-state index contributed by atoms with van der Waals surface area (Å²) < 4.78 is 15.7. The molecule has 1 fully saturated rings. The van der Waals surface area contributed by atoms with Crippen LogP contribution in [0.15, 0.2) is 18.2 Å². The summed E-state index contributed by atoms with van der Waals surface area (Å²) >= 11 is 0. The Labute approximate surface area is 112 Å². The summed E-state index contributed by atoms with van der Waals surface area (Å²) in [5, 5.41) is 2.68. The maximum Gasteiger partial charge on any atom is 0.412 e. The van der Waals surface area contributed by atoms with Gasteiger partial charge in [-0.25, -0.2) is 4.79 Å². The van der Waals surface area contributed by atoms with Gasteiger partial charge >= 0.3 is 6.09 Å². The smallest absolute Gasteiger partial charge is 0.412 e. The summed E-state index contributed by atoms with van der Waals surface area (Å²) in [5.74, 6) is 0.705. The molecule has 1 aliphatic heterocycles. The van der Waals surface area contributed by atoms with E-state index in [-0.39, 0.29) is 6.10 Å². The molecule has 1 heterocycles. The van der Waals surface area contributed by atoms with Gasteiger partial charge in [0.05, 0.1) is 13.7 Å². The van der Waals surface area contributed by atoms with Crippen LogP contribution in [0.5, 0.6) is 5.75 Å². The molecular weight excluding hydrogens is 246 g/mol. The maximum absolute atomic E-state index is 11.7. The summed E-state index contributed by atoms with van der Waals surface area (Å²) in [4.78, 5) is 11.7. The molecule has 0 bridgehead atoms. The Kier molecular flexibility index (Phi) is 3.66. The molecule has 2 rings (SSSR count). The number of carbonyl (C=O) groups is 1. The van der Waals surface area contributed by atoms with E-state index in [1.165, 1.54) is 0 Å². The normalized spacial score (nSPS) is 17.8. The number of hydrogen-bond acceptors (Lipinski definition) is 4. The van der Waals surface area contributed by atoms with Crippen molar-refractivity contribution in [2.45, 2.75) is 32.5 Å². The van der Waals surface area contributed by atoms with E-state index < -0.39 is 11.7 Å². The Morgan fingerprint density at radius 2 is 2.11 bits per heavy atom. The summed E-state index contributed by atoms with van der Waals surface area (Å²) in [6, 6.07) is 5.47. The molecule has 5 nitrogen and oxygen atoms in total. The zero-order valence-electron chi connectivity index (χ0n) is 11.6. The van der Waals surface area contributed by atoms with Gasteiger partial charge in [-0.2, -0.15) is 0 Å². The van der Waals surface area contributed by atoms with Gasteiger partial charge in [0, 0.05) is 17.3 Å². The highest BCUT2D eigenvalue weighted by molar-refractivity contribution is 5.85. The van der Waals surface area contributed by atoms with E-state index in [0.717, 1.165) is 12.2 Å². The molecule has 0 radical (unpaired) electrons. The average molecular weight is 265 g/mol. The van der Waals surface area contributed by atoms with Crippen molar-refractivity contribution < 1.29 is 19.0 Å². The first-order chi connectivity index (χ1) is 8.89. The van der Waals surface area contributed by atoms with Gasteiger partial charge in [-0.3, -0.25) is 5.32 Å². The van der Waals surface area contributed by atoms with Gasteiger partial charge in [0.2, 0.25) is 0 Å². The fourth-order valence-electron chi connectivity index (χ4n) is 1.70. The van der Waals surface area contributed by atoms with Crippen LogP contribution in [0, 0.1) is 0 Å². The summed E-state index contributed by atoms with van der Waals surface area (Å²) in [5.41, 5.74) is 1.11. The van der Waals surface area contributed by atoms with E-state index in [1.54, 1.807) is 13.2 Å². The van der Waals surface area contributed by atoms with Gasteiger partial charge in [-0.15, -0.1) is 0 Å². The third-order valence-corrected chi connectivity index (χ3v) is 2.56. The number of hydrogen-bond donors (Lipinski definition) is 1. The van der Waals surface area contributed by atoms with Crippen LogP contribution in [0.25, 0.3) is 0 Å². The minimum Gasteiger partial charge on any atom is -0.496 e. The predicted molar refractivity (Wildman–Crippen MR) is 71.5 cm³/mol. The number of rotatable bonds is 3. The lowest BCUT2D eigenvalue weighted by atomic mass is 10.1. The van der Waals surface area contributed by atoms with Crippen LogP contribution in [-0.2, 0) is 9.47 Å². The fraction of sp³-hybridized carbons (Fsp3) is 0.500. The number of epoxide rings is 1. The van der Waals surface area contributed by atoms with E-state index in [9.17, 15) is 4.79 Å². The van der Waals surface area contributed by atoms with Crippen molar-refractivity contribution in [3.05, 3.63) is 23.8 Å².